The van der Waals surface area contributed by atoms with Gasteiger partial charge >= 0.3 is 0 Å². The van der Waals surface area contributed by atoms with Crippen molar-refractivity contribution in [3.8, 4) is 0 Å². The largest absolute Gasteiger partial charge is 0.359 e. The molecule has 0 spiro atoms. The van der Waals surface area contributed by atoms with Crippen molar-refractivity contribution in [2.24, 2.45) is 0 Å². The maximum absolute atomic E-state index is 5.59. The number of ether oxygens (including phenoxy) is 2. The highest BCUT2D eigenvalue weighted by Crippen LogP contribution is 2.37. The molecule has 92 valence electrons. The van der Waals surface area contributed by atoms with Gasteiger partial charge in [-0.15, -0.1) is 11.8 Å². The Kier molecular flexibility index (Phi) is 6.18. The summed E-state index contributed by atoms with van der Waals surface area (Å²) < 4.78 is 10.7. The summed E-state index contributed by atoms with van der Waals surface area (Å²) in [5.41, 5.74) is 0. The second-order valence-corrected chi connectivity index (χ2v) is 7.06. The standard InChI is InChI=1S/C11H25NO2S/c1-9(14-8-13-7)11(5,12-6)15-10(2,3)4/h9,12H,8H2,1-7H3. The van der Waals surface area contributed by atoms with Crippen LogP contribution in [0.15, 0.2) is 0 Å². The molecule has 0 saturated heterocycles. The smallest absolute Gasteiger partial charge is 0.146 e. The van der Waals surface area contributed by atoms with Gasteiger partial charge in [0.25, 0.3) is 0 Å². The Bertz CT molecular complexity index is 182. The highest BCUT2D eigenvalue weighted by Gasteiger charge is 2.35. The fourth-order valence-corrected chi connectivity index (χ4v) is 2.91. The van der Waals surface area contributed by atoms with E-state index >= 15 is 0 Å². The van der Waals surface area contributed by atoms with Gasteiger partial charge in [-0.25, -0.2) is 0 Å². The highest BCUT2D eigenvalue weighted by molar-refractivity contribution is 8.01. The van der Waals surface area contributed by atoms with Crippen molar-refractivity contribution in [2.75, 3.05) is 21.0 Å². The minimum absolute atomic E-state index is 0.0895. The molecule has 1 N–H and O–H groups in total. The molecular formula is C11H25NO2S. The summed E-state index contributed by atoms with van der Waals surface area (Å²) in [5, 5.41) is 3.33. The Morgan fingerprint density at radius 1 is 1.27 bits per heavy atom. The first-order chi connectivity index (χ1) is 6.75. The average Bonchev–Trinajstić information content (AvgIpc) is 2.11. The van der Waals surface area contributed by atoms with E-state index in [1.54, 1.807) is 7.11 Å². The normalized spacial score (nSPS) is 18.6. The first-order valence-electron chi connectivity index (χ1n) is 5.25. The Balaban J connectivity index is 4.40. The number of nitrogens with one attached hydrogen (secondary N) is 1. The van der Waals surface area contributed by atoms with Gasteiger partial charge in [-0.3, -0.25) is 0 Å². The van der Waals surface area contributed by atoms with E-state index in [1.807, 2.05) is 18.8 Å². The second kappa shape index (κ2) is 6.09. The van der Waals surface area contributed by atoms with Crippen molar-refractivity contribution in [2.45, 2.75) is 50.3 Å². The van der Waals surface area contributed by atoms with Crippen molar-refractivity contribution in [1.29, 1.82) is 0 Å². The third kappa shape index (κ3) is 5.76. The first kappa shape index (κ1) is 15.2. The van der Waals surface area contributed by atoms with Crippen molar-refractivity contribution in [1.82, 2.24) is 5.32 Å². The van der Waals surface area contributed by atoms with Crippen molar-refractivity contribution in [3.63, 3.8) is 0 Å². The summed E-state index contributed by atoms with van der Waals surface area (Å²) in [6, 6.07) is 0. The molecule has 0 aliphatic heterocycles. The molecule has 0 rings (SSSR count). The van der Waals surface area contributed by atoms with E-state index in [4.69, 9.17) is 9.47 Å². The molecule has 2 atom stereocenters. The lowest BCUT2D eigenvalue weighted by Gasteiger charge is -2.39. The summed E-state index contributed by atoms with van der Waals surface area (Å²) in [7, 11) is 3.60. The average molecular weight is 235 g/mol. The van der Waals surface area contributed by atoms with Crippen LogP contribution in [-0.2, 0) is 9.47 Å². The van der Waals surface area contributed by atoms with E-state index in [-0.39, 0.29) is 15.7 Å². The van der Waals surface area contributed by atoms with Crippen LogP contribution in [0, 0.1) is 0 Å². The maximum atomic E-state index is 5.59. The SMILES string of the molecule is CNC(C)(SC(C)(C)C)C(C)OCOC. The van der Waals surface area contributed by atoms with Crippen LogP contribution in [0.3, 0.4) is 0 Å². The fraction of sp³-hybridized carbons (Fsp3) is 1.00. The Morgan fingerprint density at radius 2 is 1.80 bits per heavy atom. The van der Waals surface area contributed by atoms with E-state index in [2.05, 4.69) is 39.9 Å². The van der Waals surface area contributed by atoms with Crippen LogP contribution < -0.4 is 5.32 Å². The number of rotatable bonds is 6. The zero-order chi connectivity index (χ0) is 12.1. The molecule has 0 amide bonds. The van der Waals surface area contributed by atoms with Gasteiger partial charge in [-0.2, -0.15) is 0 Å². The Labute approximate surface area is 98.3 Å². The quantitative estimate of drug-likeness (QED) is 0.716. The van der Waals surface area contributed by atoms with Crippen molar-refractivity contribution in [3.05, 3.63) is 0 Å². The molecule has 3 nitrogen and oxygen atoms in total. The fourth-order valence-electron chi connectivity index (χ4n) is 1.30. The van der Waals surface area contributed by atoms with Gasteiger partial charge in [0.1, 0.15) is 6.79 Å². The van der Waals surface area contributed by atoms with Crippen LogP contribution in [0.4, 0.5) is 0 Å². The van der Waals surface area contributed by atoms with E-state index in [1.165, 1.54) is 0 Å². The summed E-state index contributed by atoms with van der Waals surface area (Å²) in [6.45, 7) is 11.2. The van der Waals surface area contributed by atoms with Crippen molar-refractivity contribution >= 4 is 11.8 Å². The van der Waals surface area contributed by atoms with Gasteiger partial charge in [0.05, 0.1) is 11.0 Å². The number of hydrogen-bond donors (Lipinski definition) is 1. The Hall–Kier alpha value is 0.230. The Morgan fingerprint density at radius 3 is 2.13 bits per heavy atom. The van der Waals surface area contributed by atoms with Gasteiger partial charge in [-0.1, -0.05) is 20.8 Å². The number of thioether (sulfide) groups is 1. The predicted octanol–water partition coefficient (Wildman–Crippen LogP) is 2.46. The summed E-state index contributed by atoms with van der Waals surface area (Å²) in [5.74, 6) is 0. The lowest BCUT2D eigenvalue weighted by molar-refractivity contribution is -0.0786. The molecule has 0 bridgehead atoms. The van der Waals surface area contributed by atoms with Crippen LogP contribution in [0.5, 0.6) is 0 Å². The molecule has 15 heavy (non-hydrogen) atoms. The van der Waals surface area contributed by atoms with Gasteiger partial charge in [-0.05, 0) is 20.9 Å². The van der Waals surface area contributed by atoms with E-state index in [9.17, 15) is 0 Å². The van der Waals surface area contributed by atoms with Gasteiger partial charge in [0.2, 0.25) is 0 Å². The second-order valence-electron chi connectivity index (χ2n) is 4.79. The summed E-state index contributed by atoms with van der Waals surface area (Å²) >= 11 is 1.87. The van der Waals surface area contributed by atoms with E-state index < -0.39 is 0 Å². The third-order valence-electron chi connectivity index (χ3n) is 2.23. The lowest BCUT2D eigenvalue weighted by Crippen LogP contribution is -2.49. The zero-order valence-corrected chi connectivity index (χ0v) is 11.8. The molecule has 2 unspecified atom stereocenters. The molecule has 0 aliphatic rings. The van der Waals surface area contributed by atoms with Crippen LogP contribution in [0.1, 0.15) is 34.6 Å². The number of methoxy groups -OCH3 is 1. The van der Waals surface area contributed by atoms with Crippen LogP contribution in [-0.4, -0.2) is 36.7 Å². The van der Waals surface area contributed by atoms with Crippen molar-refractivity contribution < 1.29 is 9.47 Å². The minimum Gasteiger partial charge on any atom is -0.359 e. The molecule has 0 fully saturated rings. The third-order valence-corrected chi connectivity index (χ3v) is 3.80. The summed E-state index contributed by atoms with van der Waals surface area (Å²) in [6.07, 6.45) is 0.0895. The van der Waals surface area contributed by atoms with E-state index in [0.717, 1.165) is 0 Å². The monoisotopic (exact) mass is 235 g/mol. The van der Waals surface area contributed by atoms with Gasteiger partial charge in [0.15, 0.2) is 0 Å². The molecule has 0 aromatic heterocycles. The molecule has 0 radical (unpaired) electrons. The van der Waals surface area contributed by atoms with Crippen LogP contribution >= 0.6 is 11.8 Å². The molecule has 4 heteroatoms. The number of likely N-dealkylation sites (N-methyl/N-ethyl adjacent to an activating group) is 1. The zero-order valence-electron chi connectivity index (χ0n) is 11.0. The maximum Gasteiger partial charge on any atom is 0.146 e. The van der Waals surface area contributed by atoms with Gasteiger partial charge < -0.3 is 14.8 Å². The van der Waals surface area contributed by atoms with Gasteiger partial charge in [0, 0.05) is 11.9 Å². The highest BCUT2D eigenvalue weighted by atomic mass is 32.2. The van der Waals surface area contributed by atoms with Crippen LogP contribution in [0.25, 0.3) is 0 Å². The molecule has 0 aromatic rings. The molecular weight excluding hydrogens is 210 g/mol. The molecule has 0 aliphatic carbocycles. The minimum atomic E-state index is -0.100. The van der Waals surface area contributed by atoms with Crippen LogP contribution in [0.2, 0.25) is 0 Å². The first-order valence-corrected chi connectivity index (χ1v) is 6.06. The predicted molar refractivity (Wildman–Crippen MR) is 67.2 cm³/mol. The molecule has 0 saturated carbocycles. The topological polar surface area (TPSA) is 30.5 Å². The molecule has 0 aromatic carbocycles. The van der Waals surface area contributed by atoms with E-state index in [0.29, 0.717) is 6.79 Å². The summed E-state index contributed by atoms with van der Waals surface area (Å²) in [4.78, 5) is -0.100. The molecule has 0 heterocycles. The number of hydrogen-bond acceptors (Lipinski definition) is 4. The lowest BCUT2D eigenvalue weighted by atomic mass is 10.2.